The van der Waals surface area contributed by atoms with E-state index in [1.54, 1.807) is 0 Å². The molecular weight excluding hydrogens is 806 g/mol. The Labute approximate surface area is 398 Å². The molecule has 0 aliphatic carbocycles. The molecule has 9 heteroatoms. The van der Waals surface area contributed by atoms with Gasteiger partial charge in [0.25, 0.3) is 0 Å². The van der Waals surface area contributed by atoms with E-state index in [1.807, 2.05) is 6.92 Å². The fourth-order valence-corrected chi connectivity index (χ4v) is 7.80. The van der Waals surface area contributed by atoms with Crippen LogP contribution in [-0.4, -0.2) is 74.6 Å². The Kier molecular flexibility index (Phi) is 56.8. The van der Waals surface area contributed by atoms with E-state index in [0.29, 0.717) is 31.5 Å². The van der Waals surface area contributed by atoms with Crippen molar-refractivity contribution in [3.63, 3.8) is 0 Å². The molecule has 0 fully saturated rings. The first kappa shape index (κ1) is 65.5. The summed E-state index contributed by atoms with van der Waals surface area (Å²) in [6.45, 7) is 13.6. The van der Waals surface area contributed by atoms with Crippen LogP contribution >= 0.6 is 12.4 Å². The molecule has 0 heterocycles. The lowest BCUT2D eigenvalue weighted by Crippen LogP contribution is -2.18. The van der Waals surface area contributed by atoms with Gasteiger partial charge in [0, 0.05) is 32.2 Å². The standard InChI is InChI=1S/C46H88O5.C8H17N3.ClH/c1-5-9-12-15-22-29-37-43(34-8-4)50-45(48)40-32-25-18-20-27-35-42(47)36-28-21-19-26-33-41-46(49)51-44(38-30-23-16-13-10-6-2)39-31-24-17-14-11-7-3;1-4-9-8-10-6-5-7-11(2)3;/h43-44H,5-41H2,1-4H3;4-7H2,1-3H3;1H. The molecule has 0 rings (SSSR count). The van der Waals surface area contributed by atoms with E-state index in [0.717, 1.165) is 129 Å². The Morgan fingerprint density at radius 2 is 0.778 bits per heavy atom. The Bertz CT molecular complexity index is 1020. The van der Waals surface area contributed by atoms with Crippen LogP contribution in [0.4, 0.5) is 0 Å². The van der Waals surface area contributed by atoms with Gasteiger partial charge < -0.3 is 14.4 Å². The van der Waals surface area contributed by atoms with Gasteiger partial charge in [-0.2, -0.15) is 0 Å². The number of esters is 2. The molecule has 0 spiro atoms. The van der Waals surface area contributed by atoms with Crippen LogP contribution in [0.3, 0.4) is 0 Å². The van der Waals surface area contributed by atoms with E-state index in [4.69, 9.17) is 9.47 Å². The average Bonchev–Trinajstić information content (AvgIpc) is 3.25. The SMILES string of the molecule is CCCCCCCCC(CCC)OC(=O)CCCCCCCC(=O)CCCCCCCC(=O)OC(CCCCCCCC)CCCCCCCC.CCN=C=NCCCN(C)C.Cl. The second-order valence-corrected chi connectivity index (χ2v) is 18.4. The lowest BCUT2D eigenvalue weighted by atomic mass is 10.0. The summed E-state index contributed by atoms with van der Waals surface area (Å²) in [7, 11) is 4.12. The topological polar surface area (TPSA) is 97.6 Å². The first-order valence-electron chi connectivity index (χ1n) is 26.9. The maximum atomic E-state index is 12.6. The molecule has 8 nitrogen and oxygen atoms in total. The summed E-state index contributed by atoms with van der Waals surface area (Å²) in [5, 5.41) is 0. The predicted octanol–water partition coefficient (Wildman–Crippen LogP) is 16.4. The fourth-order valence-electron chi connectivity index (χ4n) is 7.80. The molecule has 1 atom stereocenters. The highest BCUT2D eigenvalue weighted by Gasteiger charge is 2.15. The van der Waals surface area contributed by atoms with Crippen LogP contribution < -0.4 is 0 Å². The summed E-state index contributed by atoms with van der Waals surface area (Å²) < 4.78 is 11.8. The highest BCUT2D eigenvalue weighted by atomic mass is 35.5. The fraction of sp³-hybridized carbons (Fsp3) is 0.926. The summed E-state index contributed by atoms with van der Waals surface area (Å²) in [6, 6.07) is 2.64. The quantitative estimate of drug-likeness (QED) is 0.0343. The molecule has 0 aliphatic rings. The second-order valence-electron chi connectivity index (χ2n) is 18.4. The molecule has 1 unspecified atom stereocenters. The van der Waals surface area contributed by atoms with Gasteiger partial charge in [0.05, 0.1) is 12.6 Å². The van der Waals surface area contributed by atoms with Crippen molar-refractivity contribution in [3.8, 4) is 0 Å². The maximum absolute atomic E-state index is 12.6. The third kappa shape index (κ3) is 54.5. The van der Waals surface area contributed by atoms with E-state index >= 15 is 0 Å². The van der Waals surface area contributed by atoms with E-state index in [2.05, 4.69) is 62.7 Å². The van der Waals surface area contributed by atoms with Gasteiger partial charge in [0.15, 0.2) is 0 Å². The van der Waals surface area contributed by atoms with E-state index in [9.17, 15) is 14.4 Å². The Morgan fingerprint density at radius 3 is 1.14 bits per heavy atom. The molecule has 0 bridgehead atoms. The Balaban J connectivity index is -0.00000262. The van der Waals surface area contributed by atoms with Crippen molar-refractivity contribution in [1.82, 2.24) is 4.90 Å². The minimum Gasteiger partial charge on any atom is -0.462 e. The van der Waals surface area contributed by atoms with Crippen molar-refractivity contribution in [2.45, 2.75) is 291 Å². The normalized spacial score (nSPS) is 11.4. The van der Waals surface area contributed by atoms with Crippen molar-refractivity contribution in [3.05, 3.63) is 0 Å². The second kappa shape index (κ2) is 54.6. The Morgan fingerprint density at radius 1 is 0.429 bits per heavy atom. The molecule has 0 aliphatic heterocycles. The van der Waals surface area contributed by atoms with Gasteiger partial charge in [-0.25, -0.2) is 9.98 Å². The van der Waals surface area contributed by atoms with Crippen LogP contribution in [0.2, 0.25) is 0 Å². The smallest absolute Gasteiger partial charge is 0.306 e. The molecule has 0 amide bonds. The summed E-state index contributed by atoms with van der Waals surface area (Å²) in [5.41, 5.74) is 0. The van der Waals surface area contributed by atoms with Crippen LogP contribution in [0.1, 0.15) is 279 Å². The number of ketones is 1. The van der Waals surface area contributed by atoms with Crippen molar-refractivity contribution < 1.29 is 23.9 Å². The zero-order chi connectivity index (χ0) is 46.0. The number of halogens is 1. The highest BCUT2D eigenvalue weighted by Crippen LogP contribution is 2.19. The molecule has 374 valence electrons. The molecule has 0 aromatic rings. The number of rotatable bonds is 46. The average molecular weight is 913 g/mol. The summed E-state index contributed by atoms with van der Waals surface area (Å²) in [6.07, 6.45) is 41.8. The molecule has 0 N–H and O–H groups in total. The zero-order valence-corrected chi connectivity index (χ0v) is 43.8. The minimum absolute atomic E-state index is 0. The van der Waals surface area contributed by atoms with Gasteiger partial charge in [-0.3, -0.25) is 14.4 Å². The molecular formula is C54H106ClN3O5. The van der Waals surface area contributed by atoms with Crippen molar-refractivity contribution in [1.29, 1.82) is 0 Å². The number of nitrogens with zero attached hydrogens (tertiary/aromatic N) is 3. The van der Waals surface area contributed by atoms with Crippen LogP contribution in [0.25, 0.3) is 0 Å². The third-order valence-corrected chi connectivity index (χ3v) is 11.7. The van der Waals surface area contributed by atoms with Crippen LogP contribution in [-0.2, 0) is 23.9 Å². The first-order valence-corrected chi connectivity index (χ1v) is 26.9. The van der Waals surface area contributed by atoms with Crippen LogP contribution in [0.5, 0.6) is 0 Å². The number of hydrogen-bond donors (Lipinski definition) is 0. The van der Waals surface area contributed by atoms with Crippen molar-refractivity contribution in [2.75, 3.05) is 33.7 Å². The largest absolute Gasteiger partial charge is 0.462 e. The summed E-state index contributed by atoms with van der Waals surface area (Å²) in [5.74, 6) is 0.350. The third-order valence-electron chi connectivity index (χ3n) is 11.7. The van der Waals surface area contributed by atoms with Gasteiger partial charge in [-0.15, -0.1) is 12.4 Å². The van der Waals surface area contributed by atoms with Crippen LogP contribution in [0.15, 0.2) is 9.98 Å². The molecule has 0 saturated heterocycles. The molecule has 63 heavy (non-hydrogen) atoms. The first-order chi connectivity index (χ1) is 30.2. The van der Waals surface area contributed by atoms with Gasteiger partial charge in [0.2, 0.25) is 0 Å². The number of carbonyl (C=O) groups excluding carboxylic acids is 3. The number of Topliss-reactive ketones (excluding diaryl/α,β-unsaturated/α-hetero) is 1. The summed E-state index contributed by atoms with van der Waals surface area (Å²) in [4.78, 5) is 47.4. The highest BCUT2D eigenvalue weighted by molar-refractivity contribution is 5.85. The molecule has 0 saturated carbocycles. The minimum atomic E-state index is -0.0270. The van der Waals surface area contributed by atoms with Gasteiger partial charge in [-0.05, 0) is 105 Å². The molecule has 0 aromatic carbocycles. The van der Waals surface area contributed by atoms with Gasteiger partial charge in [0.1, 0.15) is 18.0 Å². The van der Waals surface area contributed by atoms with Crippen LogP contribution in [0, 0.1) is 0 Å². The summed E-state index contributed by atoms with van der Waals surface area (Å²) >= 11 is 0. The van der Waals surface area contributed by atoms with E-state index < -0.39 is 0 Å². The molecule has 0 radical (unpaired) electrons. The molecule has 0 aromatic heterocycles. The number of hydrogen-bond acceptors (Lipinski definition) is 8. The number of aliphatic imine (C=N–C) groups is 2. The number of ether oxygens (including phenoxy) is 2. The Hall–Kier alpha value is -1.76. The lowest BCUT2D eigenvalue weighted by molar-refractivity contribution is -0.151. The van der Waals surface area contributed by atoms with E-state index in [1.165, 1.54) is 109 Å². The predicted molar refractivity (Wildman–Crippen MR) is 274 cm³/mol. The van der Waals surface area contributed by atoms with Gasteiger partial charge >= 0.3 is 11.9 Å². The zero-order valence-electron chi connectivity index (χ0n) is 42.9. The number of carbonyl (C=O) groups is 3. The lowest BCUT2D eigenvalue weighted by Gasteiger charge is -2.18. The number of unbranched alkanes of at least 4 members (excludes halogenated alkanes) is 23. The van der Waals surface area contributed by atoms with Crippen molar-refractivity contribution >= 4 is 36.1 Å². The monoisotopic (exact) mass is 912 g/mol. The maximum Gasteiger partial charge on any atom is 0.306 e. The van der Waals surface area contributed by atoms with Crippen molar-refractivity contribution in [2.24, 2.45) is 9.98 Å². The van der Waals surface area contributed by atoms with Gasteiger partial charge in [-0.1, -0.05) is 169 Å². The van der Waals surface area contributed by atoms with E-state index in [-0.39, 0.29) is 36.6 Å².